The second-order valence-electron chi connectivity index (χ2n) is 5.71. The van der Waals surface area contributed by atoms with Crippen molar-refractivity contribution in [3.8, 4) is 0 Å². The molecule has 1 saturated carbocycles. The van der Waals surface area contributed by atoms with Gasteiger partial charge in [-0.3, -0.25) is 4.79 Å². The van der Waals surface area contributed by atoms with Crippen LogP contribution in [0.2, 0.25) is 0 Å². The molecule has 1 aliphatic rings. The molecular formula is C17H25NO2. The van der Waals surface area contributed by atoms with Crippen molar-refractivity contribution in [1.29, 1.82) is 0 Å². The van der Waals surface area contributed by atoms with E-state index in [1.807, 2.05) is 32.0 Å². The number of aryl methyl sites for hydroxylation is 2. The highest BCUT2D eigenvalue weighted by atomic mass is 16.5. The fourth-order valence-electron chi connectivity index (χ4n) is 2.65. The Morgan fingerprint density at radius 1 is 1.30 bits per heavy atom. The molecule has 110 valence electrons. The van der Waals surface area contributed by atoms with E-state index < -0.39 is 0 Å². The first-order valence-electron chi connectivity index (χ1n) is 7.64. The van der Waals surface area contributed by atoms with E-state index in [-0.39, 0.29) is 5.91 Å². The summed E-state index contributed by atoms with van der Waals surface area (Å²) in [5, 5.41) is 2.97. The summed E-state index contributed by atoms with van der Waals surface area (Å²) >= 11 is 0. The van der Waals surface area contributed by atoms with Crippen molar-refractivity contribution in [2.45, 2.75) is 52.1 Å². The minimum absolute atomic E-state index is 0.0204. The van der Waals surface area contributed by atoms with Crippen LogP contribution in [0.25, 0.3) is 0 Å². The van der Waals surface area contributed by atoms with Gasteiger partial charge in [-0.05, 0) is 44.7 Å². The molecule has 0 heterocycles. The Morgan fingerprint density at radius 3 is 2.80 bits per heavy atom. The molecule has 0 radical (unpaired) electrons. The first-order chi connectivity index (χ1) is 9.66. The van der Waals surface area contributed by atoms with Crippen molar-refractivity contribution in [3.05, 3.63) is 34.9 Å². The lowest BCUT2D eigenvalue weighted by atomic mass is 10.1. The summed E-state index contributed by atoms with van der Waals surface area (Å²) in [4.78, 5) is 12.1. The van der Waals surface area contributed by atoms with Gasteiger partial charge >= 0.3 is 0 Å². The molecule has 0 bridgehead atoms. The number of carbonyl (C=O) groups is 1. The number of carbonyl (C=O) groups excluding carboxylic acids is 1. The van der Waals surface area contributed by atoms with E-state index in [0.717, 1.165) is 29.7 Å². The zero-order chi connectivity index (χ0) is 14.4. The second-order valence-corrected chi connectivity index (χ2v) is 5.71. The maximum Gasteiger partial charge on any atom is 0.251 e. The number of ether oxygens (including phenoxy) is 1. The van der Waals surface area contributed by atoms with E-state index in [1.54, 1.807) is 0 Å². The van der Waals surface area contributed by atoms with Gasteiger partial charge in [0.2, 0.25) is 0 Å². The second kappa shape index (κ2) is 7.44. The summed E-state index contributed by atoms with van der Waals surface area (Å²) in [6, 6.07) is 5.97. The number of nitrogens with one attached hydrogen (secondary N) is 1. The van der Waals surface area contributed by atoms with E-state index in [9.17, 15) is 4.79 Å². The molecule has 20 heavy (non-hydrogen) atoms. The van der Waals surface area contributed by atoms with E-state index in [1.165, 1.54) is 25.7 Å². The molecule has 2 rings (SSSR count). The Hall–Kier alpha value is -1.35. The summed E-state index contributed by atoms with van der Waals surface area (Å²) in [6.45, 7) is 5.40. The van der Waals surface area contributed by atoms with Gasteiger partial charge in [0.15, 0.2) is 0 Å². The molecule has 0 unspecified atom stereocenters. The quantitative estimate of drug-likeness (QED) is 0.808. The third-order valence-electron chi connectivity index (χ3n) is 3.90. The minimum Gasteiger partial charge on any atom is -0.378 e. The van der Waals surface area contributed by atoms with Crippen LogP contribution < -0.4 is 5.32 Å². The minimum atomic E-state index is 0.0204. The maximum absolute atomic E-state index is 12.1. The van der Waals surface area contributed by atoms with Crippen LogP contribution in [-0.4, -0.2) is 25.2 Å². The molecule has 0 atom stereocenters. The smallest absolute Gasteiger partial charge is 0.251 e. The van der Waals surface area contributed by atoms with E-state index in [2.05, 4.69) is 5.32 Å². The van der Waals surface area contributed by atoms with Crippen molar-refractivity contribution < 1.29 is 9.53 Å². The highest BCUT2D eigenvalue weighted by Crippen LogP contribution is 2.20. The zero-order valence-electron chi connectivity index (χ0n) is 12.6. The summed E-state index contributed by atoms with van der Waals surface area (Å²) in [7, 11) is 0. The summed E-state index contributed by atoms with van der Waals surface area (Å²) in [6.07, 6.45) is 6.35. The lowest BCUT2D eigenvalue weighted by Gasteiger charge is -2.12. The van der Waals surface area contributed by atoms with Crippen molar-refractivity contribution in [1.82, 2.24) is 5.32 Å². The molecule has 1 aromatic rings. The first-order valence-corrected chi connectivity index (χ1v) is 7.64. The Bertz CT molecular complexity index is 450. The summed E-state index contributed by atoms with van der Waals surface area (Å²) in [5.74, 6) is 0.0204. The van der Waals surface area contributed by atoms with E-state index in [0.29, 0.717) is 12.6 Å². The third kappa shape index (κ3) is 4.34. The van der Waals surface area contributed by atoms with Gasteiger partial charge < -0.3 is 10.1 Å². The number of rotatable bonds is 6. The molecule has 0 saturated heterocycles. The average Bonchev–Trinajstić information content (AvgIpc) is 2.94. The van der Waals surface area contributed by atoms with Gasteiger partial charge in [0.25, 0.3) is 5.91 Å². The zero-order valence-corrected chi connectivity index (χ0v) is 12.6. The molecule has 1 aromatic carbocycles. The van der Waals surface area contributed by atoms with Gasteiger partial charge in [0.05, 0.1) is 6.10 Å². The van der Waals surface area contributed by atoms with Crippen molar-refractivity contribution in [2.75, 3.05) is 13.2 Å². The molecule has 1 aliphatic carbocycles. The lowest BCUT2D eigenvalue weighted by molar-refractivity contribution is 0.0565. The number of benzene rings is 1. The molecule has 0 aliphatic heterocycles. The Morgan fingerprint density at radius 2 is 2.05 bits per heavy atom. The molecule has 3 heteroatoms. The topological polar surface area (TPSA) is 38.3 Å². The molecule has 1 fully saturated rings. The maximum atomic E-state index is 12.1. The predicted octanol–water partition coefficient (Wildman–Crippen LogP) is 3.38. The normalized spacial score (nSPS) is 15.5. The van der Waals surface area contributed by atoms with Gasteiger partial charge in [-0.1, -0.05) is 30.5 Å². The van der Waals surface area contributed by atoms with Crippen molar-refractivity contribution in [3.63, 3.8) is 0 Å². The van der Waals surface area contributed by atoms with Crippen LogP contribution in [0.1, 0.15) is 53.6 Å². The Kier molecular flexibility index (Phi) is 5.60. The average molecular weight is 275 g/mol. The van der Waals surface area contributed by atoms with Crippen molar-refractivity contribution in [2.24, 2.45) is 0 Å². The van der Waals surface area contributed by atoms with Gasteiger partial charge in [0.1, 0.15) is 0 Å². The molecule has 0 aromatic heterocycles. The number of amides is 1. The fourth-order valence-corrected chi connectivity index (χ4v) is 2.65. The van der Waals surface area contributed by atoms with Crippen LogP contribution in [-0.2, 0) is 4.74 Å². The molecule has 0 spiro atoms. The Labute approximate surface area is 121 Å². The SMILES string of the molecule is Cc1ccc(C)c(C(=O)NCCCOC2CCCC2)c1. The third-order valence-corrected chi connectivity index (χ3v) is 3.90. The molecule has 1 N–H and O–H groups in total. The number of hydrogen-bond donors (Lipinski definition) is 1. The monoisotopic (exact) mass is 275 g/mol. The van der Waals surface area contributed by atoms with Gasteiger partial charge in [0, 0.05) is 18.7 Å². The van der Waals surface area contributed by atoms with E-state index in [4.69, 9.17) is 4.74 Å². The van der Waals surface area contributed by atoms with Gasteiger partial charge in [-0.15, -0.1) is 0 Å². The summed E-state index contributed by atoms with van der Waals surface area (Å²) in [5.41, 5.74) is 2.92. The predicted molar refractivity (Wildman–Crippen MR) is 81.1 cm³/mol. The fraction of sp³-hybridized carbons (Fsp3) is 0.588. The van der Waals surface area contributed by atoms with Crippen LogP contribution >= 0.6 is 0 Å². The van der Waals surface area contributed by atoms with Crippen molar-refractivity contribution >= 4 is 5.91 Å². The summed E-state index contributed by atoms with van der Waals surface area (Å²) < 4.78 is 5.78. The van der Waals surface area contributed by atoms with Crippen LogP contribution in [0.4, 0.5) is 0 Å². The van der Waals surface area contributed by atoms with Crippen LogP contribution in [0, 0.1) is 13.8 Å². The highest BCUT2D eigenvalue weighted by Gasteiger charge is 2.14. The van der Waals surface area contributed by atoms with Crippen LogP contribution in [0.15, 0.2) is 18.2 Å². The standard InChI is InChI=1S/C17H25NO2/c1-13-8-9-14(2)16(12-13)17(19)18-10-5-11-20-15-6-3-4-7-15/h8-9,12,15H,3-7,10-11H2,1-2H3,(H,18,19). The molecular weight excluding hydrogens is 250 g/mol. The largest absolute Gasteiger partial charge is 0.378 e. The van der Waals surface area contributed by atoms with Gasteiger partial charge in [-0.25, -0.2) is 0 Å². The van der Waals surface area contributed by atoms with Gasteiger partial charge in [-0.2, -0.15) is 0 Å². The lowest BCUT2D eigenvalue weighted by Crippen LogP contribution is -2.26. The molecule has 1 amide bonds. The van der Waals surface area contributed by atoms with Crippen LogP contribution in [0.5, 0.6) is 0 Å². The first kappa shape index (κ1) is 15.0. The van der Waals surface area contributed by atoms with Crippen LogP contribution in [0.3, 0.4) is 0 Å². The van der Waals surface area contributed by atoms with E-state index >= 15 is 0 Å². The Balaban J connectivity index is 1.68. The number of hydrogen-bond acceptors (Lipinski definition) is 2. The highest BCUT2D eigenvalue weighted by molar-refractivity contribution is 5.95. The molecule has 3 nitrogen and oxygen atoms in total.